The molecule has 3 aromatic rings. The third-order valence-electron chi connectivity index (χ3n) is 7.39. The van der Waals surface area contributed by atoms with Crippen molar-refractivity contribution in [2.75, 3.05) is 11.5 Å². The second-order valence-electron chi connectivity index (χ2n) is 9.64. The SMILES string of the molecule is C[Si](C)(O[C@H]1c2ccccc2C2(SCCS2)[C@H]2C(=O)c3ccccc3C(=O)[C@@H]12)c1ccccc1. The summed E-state index contributed by atoms with van der Waals surface area (Å²) < 4.78 is 6.60. The van der Waals surface area contributed by atoms with E-state index in [0.717, 1.165) is 22.6 Å². The van der Waals surface area contributed by atoms with Gasteiger partial charge in [-0.05, 0) is 29.4 Å². The van der Waals surface area contributed by atoms with E-state index in [1.807, 2.05) is 72.1 Å². The van der Waals surface area contributed by atoms with Crippen molar-refractivity contribution in [1.82, 2.24) is 0 Å². The summed E-state index contributed by atoms with van der Waals surface area (Å²) in [7, 11) is -2.38. The normalized spacial score (nSPS) is 25.1. The van der Waals surface area contributed by atoms with Crippen LogP contribution in [0.2, 0.25) is 13.1 Å². The smallest absolute Gasteiger partial charge is 0.219 e. The van der Waals surface area contributed by atoms with Gasteiger partial charge in [0.2, 0.25) is 8.32 Å². The summed E-state index contributed by atoms with van der Waals surface area (Å²) in [6.07, 6.45) is -0.444. The highest BCUT2D eigenvalue weighted by Gasteiger charge is 2.62. The lowest BCUT2D eigenvalue weighted by atomic mass is 9.64. The molecule has 0 bridgehead atoms. The van der Waals surface area contributed by atoms with Gasteiger partial charge in [-0.25, -0.2) is 0 Å². The molecule has 1 fully saturated rings. The number of benzene rings is 3. The van der Waals surface area contributed by atoms with Crippen molar-refractivity contribution in [1.29, 1.82) is 0 Å². The van der Waals surface area contributed by atoms with Crippen LogP contribution in [0.15, 0.2) is 78.9 Å². The number of carbonyl (C=O) groups is 2. The van der Waals surface area contributed by atoms with Crippen LogP contribution in [-0.4, -0.2) is 31.4 Å². The molecule has 3 aliphatic rings. The molecular weight excluding hydrogens is 477 g/mol. The largest absolute Gasteiger partial charge is 0.405 e. The molecular formula is C28H26O3S2Si. The number of hydrogen-bond donors (Lipinski definition) is 0. The molecule has 3 nitrogen and oxygen atoms in total. The molecule has 1 aliphatic heterocycles. The first-order valence-electron chi connectivity index (χ1n) is 11.7. The molecule has 3 atom stereocenters. The summed E-state index contributed by atoms with van der Waals surface area (Å²) in [6, 6.07) is 26.0. The van der Waals surface area contributed by atoms with E-state index in [1.54, 1.807) is 0 Å². The van der Waals surface area contributed by atoms with Gasteiger partial charge in [-0.2, -0.15) is 0 Å². The fraction of sp³-hybridized carbons (Fsp3) is 0.286. The Morgan fingerprint density at radius 1 is 0.794 bits per heavy atom. The van der Waals surface area contributed by atoms with E-state index in [4.69, 9.17) is 4.43 Å². The predicted molar refractivity (Wildman–Crippen MR) is 143 cm³/mol. The monoisotopic (exact) mass is 502 g/mol. The van der Waals surface area contributed by atoms with Gasteiger partial charge in [-0.15, -0.1) is 23.5 Å². The first kappa shape index (κ1) is 22.3. The molecule has 0 radical (unpaired) electrons. The fourth-order valence-corrected chi connectivity index (χ4v) is 11.5. The van der Waals surface area contributed by atoms with E-state index in [2.05, 4.69) is 43.4 Å². The zero-order chi connectivity index (χ0) is 23.5. The number of ketones is 2. The first-order valence-corrected chi connectivity index (χ1v) is 16.6. The maximum atomic E-state index is 14.1. The van der Waals surface area contributed by atoms with Gasteiger partial charge in [0.25, 0.3) is 0 Å². The average molecular weight is 503 g/mol. The Hall–Kier alpha value is -2.12. The molecule has 6 rings (SSSR count). The Morgan fingerprint density at radius 2 is 1.38 bits per heavy atom. The predicted octanol–water partition coefficient (Wildman–Crippen LogP) is 5.81. The Bertz CT molecular complexity index is 1280. The molecule has 0 saturated carbocycles. The van der Waals surface area contributed by atoms with Crippen LogP contribution < -0.4 is 5.19 Å². The van der Waals surface area contributed by atoms with Crippen molar-refractivity contribution >= 4 is 48.6 Å². The van der Waals surface area contributed by atoms with Crippen molar-refractivity contribution in [2.24, 2.45) is 11.8 Å². The van der Waals surface area contributed by atoms with E-state index in [1.165, 1.54) is 5.19 Å². The molecule has 1 saturated heterocycles. The van der Waals surface area contributed by atoms with Gasteiger partial charge in [0.1, 0.15) is 0 Å². The minimum absolute atomic E-state index is 0.0463. The van der Waals surface area contributed by atoms with Crippen LogP contribution in [0.1, 0.15) is 37.9 Å². The van der Waals surface area contributed by atoms with Gasteiger partial charge in [0.15, 0.2) is 11.6 Å². The molecule has 0 aromatic heterocycles. The Balaban J connectivity index is 1.57. The van der Waals surface area contributed by atoms with Gasteiger partial charge in [-0.1, -0.05) is 78.9 Å². The van der Waals surface area contributed by atoms with Crippen LogP contribution in [-0.2, 0) is 8.51 Å². The molecule has 0 unspecified atom stereocenters. The minimum atomic E-state index is -2.38. The molecule has 6 heteroatoms. The van der Waals surface area contributed by atoms with Crippen LogP contribution in [0, 0.1) is 11.8 Å². The maximum Gasteiger partial charge on any atom is 0.219 e. The molecule has 34 heavy (non-hydrogen) atoms. The lowest BCUT2D eigenvalue weighted by molar-refractivity contribution is 0.0419. The molecule has 1 heterocycles. The maximum absolute atomic E-state index is 14.1. The minimum Gasteiger partial charge on any atom is -0.405 e. The zero-order valence-electron chi connectivity index (χ0n) is 19.2. The Kier molecular flexibility index (Phi) is 5.41. The Morgan fingerprint density at radius 3 is 2.09 bits per heavy atom. The van der Waals surface area contributed by atoms with Gasteiger partial charge >= 0.3 is 0 Å². The molecule has 0 amide bonds. The van der Waals surface area contributed by atoms with Crippen LogP contribution in [0.4, 0.5) is 0 Å². The lowest BCUT2D eigenvalue weighted by Crippen LogP contribution is -2.55. The standard InChI is InChI=1S/C28H26O3S2Si/c1-34(2,18-10-4-3-5-11-18)31-27-21-14-8-9-15-22(21)28(32-16-17-33-28)24-23(27)25(29)19-12-6-7-13-20(19)26(24)30/h3-15,23-24,27H,16-17H2,1-2H3/t23-,24+,27-/m0/s1. The number of fused-ring (bicyclic) bond motifs is 5. The quantitative estimate of drug-likeness (QED) is 0.423. The lowest BCUT2D eigenvalue weighted by Gasteiger charge is -2.51. The van der Waals surface area contributed by atoms with E-state index >= 15 is 0 Å². The van der Waals surface area contributed by atoms with Crippen LogP contribution in [0.25, 0.3) is 0 Å². The number of carbonyl (C=O) groups excluding carboxylic acids is 2. The van der Waals surface area contributed by atoms with Crippen molar-refractivity contribution < 1.29 is 14.0 Å². The highest BCUT2D eigenvalue weighted by Crippen LogP contribution is 2.66. The number of hydrogen-bond acceptors (Lipinski definition) is 5. The van der Waals surface area contributed by atoms with E-state index < -0.39 is 30.3 Å². The van der Waals surface area contributed by atoms with E-state index in [9.17, 15) is 9.59 Å². The van der Waals surface area contributed by atoms with Crippen molar-refractivity contribution in [3.8, 4) is 0 Å². The van der Waals surface area contributed by atoms with E-state index in [0.29, 0.717) is 11.1 Å². The molecule has 3 aromatic carbocycles. The topological polar surface area (TPSA) is 43.4 Å². The highest BCUT2D eigenvalue weighted by molar-refractivity contribution is 8.20. The van der Waals surface area contributed by atoms with Crippen LogP contribution in [0.3, 0.4) is 0 Å². The van der Waals surface area contributed by atoms with Crippen molar-refractivity contribution in [3.05, 3.63) is 101 Å². The summed E-state index contributed by atoms with van der Waals surface area (Å²) in [5, 5.41) is 1.18. The highest BCUT2D eigenvalue weighted by atomic mass is 32.2. The number of rotatable bonds is 3. The molecule has 2 aliphatic carbocycles. The summed E-state index contributed by atoms with van der Waals surface area (Å²) in [5.74, 6) is 1.12. The van der Waals surface area contributed by atoms with Crippen LogP contribution in [0.5, 0.6) is 0 Å². The van der Waals surface area contributed by atoms with Crippen molar-refractivity contribution in [3.63, 3.8) is 0 Å². The molecule has 1 spiro atoms. The first-order chi connectivity index (χ1) is 16.4. The number of thioether (sulfide) groups is 2. The fourth-order valence-electron chi connectivity index (χ4n) is 5.84. The average Bonchev–Trinajstić information content (AvgIpc) is 3.35. The zero-order valence-corrected chi connectivity index (χ0v) is 21.8. The molecule has 0 N–H and O–H groups in total. The molecule has 172 valence electrons. The Labute approximate surface area is 209 Å². The second-order valence-corrected chi connectivity index (χ2v) is 16.4. The summed E-state index contributed by atoms with van der Waals surface area (Å²) in [4.78, 5) is 28.3. The summed E-state index contributed by atoms with van der Waals surface area (Å²) in [6.45, 7) is 4.37. The third kappa shape index (κ3) is 3.23. The second kappa shape index (κ2) is 8.23. The summed E-state index contributed by atoms with van der Waals surface area (Å²) >= 11 is 3.67. The van der Waals surface area contributed by atoms with Gasteiger partial charge in [-0.3, -0.25) is 9.59 Å². The van der Waals surface area contributed by atoms with Gasteiger partial charge < -0.3 is 4.43 Å². The van der Waals surface area contributed by atoms with Gasteiger partial charge in [0, 0.05) is 22.6 Å². The third-order valence-corrected chi connectivity index (χ3v) is 13.5. The summed E-state index contributed by atoms with van der Waals surface area (Å²) in [5.41, 5.74) is 3.35. The number of Topliss-reactive ketones (excluding diaryl/α,β-unsaturated/α-hetero) is 2. The van der Waals surface area contributed by atoms with E-state index in [-0.39, 0.29) is 11.6 Å². The van der Waals surface area contributed by atoms with Crippen molar-refractivity contribution in [2.45, 2.75) is 23.3 Å². The van der Waals surface area contributed by atoms with Crippen LogP contribution >= 0.6 is 23.5 Å². The van der Waals surface area contributed by atoms with Gasteiger partial charge in [0.05, 0.1) is 22.0 Å².